The Morgan fingerprint density at radius 3 is 2.75 bits per heavy atom. The highest BCUT2D eigenvalue weighted by molar-refractivity contribution is 9.11. The van der Waals surface area contributed by atoms with E-state index in [0.717, 1.165) is 21.8 Å². The highest BCUT2D eigenvalue weighted by Crippen LogP contribution is 2.21. The summed E-state index contributed by atoms with van der Waals surface area (Å²) < 4.78 is 1.72. The fourth-order valence-electron chi connectivity index (χ4n) is 1.48. The third-order valence-corrected chi connectivity index (χ3v) is 3.46. The molecule has 0 fully saturated rings. The second-order valence-electron chi connectivity index (χ2n) is 3.79. The number of halogens is 2. The van der Waals surface area contributed by atoms with Gasteiger partial charge in [-0.25, -0.2) is 0 Å². The van der Waals surface area contributed by atoms with Crippen molar-refractivity contribution in [3.63, 3.8) is 0 Å². The second-order valence-corrected chi connectivity index (χ2v) is 5.56. The van der Waals surface area contributed by atoms with Crippen LogP contribution in [0.25, 0.3) is 0 Å². The topological polar surface area (TPSA) is 29.1 Å². The minimum atomic E-state index is -0.0332. The molecule has 0 radical (unpaired) electrons. The quantitative estimate of drug-likeness (QED) is 0.870. The molecule has 0 aromatic heterocycles. The van der Waals surface area contributed by atoms with Crippen LogP contribution in [-0.2, 0) is 0 Å². The van der Waals surface area contributed by atoms with Crippen molar-refractivity contribution in [1.29, 1.82) is 0 Å². The maximum absolute atomic E-state index is 11.9. The number of amides is 1. The third-order valence-electron chi connectivity index (χ3n) is 2.27. The van der Waals surface area contributed by atoms with Gasteiger partial charge >= 0.3 is 0 Å². The van der Waals surface area contributed by atoms with Crippen LogP contribution >= 0.6 is 31.9 Å². The predicted molar refractivity (Wildman–Crippen MR) is 73.7 cm³/mol. The smallest absolute Gasteiger partial charge is 0.252 e. The van der Waals surface area contributed by atoms with E-state index >= 15 is 0 Å². The number of rotatable bonds is 4. The first-order chi connectivity index (χ1) is 7.54. The summed E-state index contributed by atoms with van der Waals surface area (Å²) >= 11 is 6.74. The normalized spacial score (nSPS) is 12.2. The third kappa shape index (κ3) is 3.91. The standard InChI is InChI=1S/C12H15Br2NO/c1-3-4-8(2)15-12(16)10-7-9(13)5-6-11(10)14/h5-8H,3-4H2,1-2H3,(H,15,16)/t8-/m0/s1. The van der Waals surface area contributed by atoms with Crippen LogP contribution in [0.1, 0.15) is 37.0 Å². The largest absolute Gasteiger partial charge is 0.350 e. The van der Waals surface area contributed by atoms with Crippen molar-refractivity contribution in [3.8, 4) is 0 Å². The summed E-state index contributed by atoms with van der Waals surface area (Å²) in [4.78, 5) is 11.9. The molecule has 0 aliphatic rings. The van der Waals surface area contributed by atoms with Crippen molar-refractivity contribution in [2.24, 2.45) is 0 Å². The highest BCUT2D eigenvalue weighted by Gasteiger charge is 2.12. The van der Waals surface area contributed by atoms with E-state index in [4.69, 9.17) is 0 Å². The minimum Gasteiger partial charge on any atom is -0.350 e. The summed E-state index contributed by atoms with van der Waals surface area (Å²) in [6, 6.07) is 5.79. The average molecular weight is 349 g/mol. The molecule has 0 bridgehead atoms. The molecule has 0 saturated heterocycles. The molecule has 1 N–H and O–H groups in total. The Kier molecular flexibility index (Phi) is 5.49. The maximum Gasteiger partial charge on any atom is 0.252 e. The van der Waals surface area contributed by atoms with E-state index in [2.05, 4.69) is 44.1 Å². The lowest BCUT2D eigenvalue weighted by Crippen LogP contribution is -2.32. The second kappa shape index (κ2) is 6.40. The van der Waals surface area contributed by atoms with Gasteiger partial charge in [0.1, 0.15) is 0 Å². The summed E-state index contributed by atoms with van der Waals surface area (Å²) in [5.74, 6) is -0.0332. The number of nitrogens with one attached hydrogen (secondary N) is 1. The Hall–Kier alpha value is -0.350. The molecule has 16 heavy (non-hydrogen) atoms. The summed E-state index contributed by atoms with van der Waals surface area (Å²) in [5, 5.41) is 2.98. The van der Waals surface area contributed by atoms with Crippen LogP contribution in [0.5, 0.6) is 0 Å². The fraction of sp³-hybridized carbons (Fsp3) is 0.417. The van der Waals surface area contributed by atoms with Crippen LogP contribution in [-0.4, -0.2) is 11.9 Å². The van der Waals surface area contributed by atoms with Crippen molar-refractivity contribution >= 4 is 37.8 Å². The van der Waals surface area contributed by atoms with Crippen molar-refractivity contribution in [2.45, 2.75) is 32.7 Å². The monoisotopic (exact) mass is 347 g/mol. The highest BCUT2D eigenvalue weighted by atomic mass is 79.9. The number of carbonyl (C=O) groups is 1. The Labute approximate surface area is 113 Å². The van der Waals surface area contributed by atoms with Gasteiger partial charge in [0.25, 0.3) is 5.91 Å². The molecule has 1 aromatic carbocycles. The SMILES string of the molecule is CCC[C@H](C)NC(=O)c1cc(Br)ccc1Br. The van der Waals surface area contributed by atoms with Gasteiger partial charge in [-0.2, -0.15) is 0 Å². The predicted octanol–water partition coefficient (Wildman–Crippen LogP) is 4.13. The molecule has 0 saturated carbocycles. The molecule has 1 atom stereocenters. The van der Waals surface area contributed by atoms with E-state index in [-0.39, 0.29) is 11.9 Å². The first-order valence-corrected chi connectivity index (χ1v) is 6.89. The lowest BCUT2D eigenvalue weighted by Gasteiger charge is -2.13. The van der Waals surface area contributed by atoms with E-state index in [1.54, 1.807) is 0 Å². The van der Waals surface area contributed by atoms with Crippen LogP contribution in [0.3, 0.4) is 0 Å². The molecule has 0 spiro atoms. The van der Waals surface area contributed by atoms with E-state index < -0.39 is 0 Å². The molecule has 1 aromatic rings. The minimum absolute atomic E-state index is 0.0332. The van der Waals surface area contributed by atoms with Gasteiger partial charge in [-0.1, -0.05) is 29.3 Å². The molecule has 0 aliphatic carbocycles. The lowest BCUT2D eigenvalue weighted by molar-refractivity contribution is 0.0937. The summed E-state index contributed by atoms with van der Waals surface area (Å²) in [5.41, 5.74) is 0.664. The molecule has 0 aliphatic heterocycles. The summed E-state index contributed by atoms with van der Waals surface area (Å²) in [7, 11) is 0. The Morgan fingerprint density at radius 2 is 2.12 bits per heavy atom. The van der Waals surface area contributed by atoms with Gasteiger partial charge in [-0.3, -0.25) is 4.79 Å². The number of hydrogen-bond donors (Lipinski definition) is 1. The van der Waals surface area contributed by atoms with Gasteiger partial charge in [0.05, 0.1) is 5.56 Å². The molecule has 1 rings (SSSR count). The van der Waals surface area contributed by atoms with Crippen LogP contribution < -0.4 is 5.32 Å². The zero-order valence-corrected chi connectivity index (χ0v) is 12.6. The van der Waals surface area contributed by atoms with Gasteiger partial charge in [0, 0.05) is 15.0 Å². The van der Waals surface area contributed by atoms with Gasteiger partial charge in [-0.05, 0) is 47.5 Å². The average Bonchev–Trinajstić information content (AvgIpc) is 2.21. The Bertz CT molecular complexity index is 379. The molecule has 88 valence electrons. The Morgan fingerprint density at radius 1 is 1.44 bits per heavy atom. The zero-order valence-electron chi connectivity index (χ0n) is 9.39. The molecule has 0 unspecified atom stereocenters. The molecule has 2 nitrogen and oxygen atoms in total. The van der Waals surface area contributed by atoms with Gasteiger partial charge in [0.2, 0.25) is 0 Å². The first-order valence-electron chi connectivity index (χ1n) is 5.30. The zero-order chi connectivity index (χ0) is 12.1. The van der Waals surface area contributed by atoms with Crippen molar-refractivity contribution in [3.05, 3.63) is 32.7 Å². The maximum atomic E-state index is 11.9. The van der Waals surface area contributed by atoms with Crippen molar-refractivity contribution in [2.75, 3.05) is 0 Å². The summed E-state index contributed by atoms with van der Waals surface area (Å²) in [6.07, 6.45) is 2.07. The van der Waals surface area contributed by atoms with Crippen molar-refractivity contribution in [1.82, 2.24) is 5.32 Å². The molecule has 1 amide bonds. The van der Waals surface area contributed by atoms with Gasteiger partial charge < -0.3 is 5.32 Å². The van der Waals surface area contributed by atoms with E-state index in [0.29, 0.717) is 5.56 Å². The van der Waals surface area contributed by atoms with Crippen LogP contribution in [0.15, 0.2) is 27.1 Å². The van der Waals surface area contributed by atoms with E-state index in [1.807, 2.05) is 25.1 Å². The number of hydrogen-bond acceptors (Lipinski definition) is 1. The van der Waals surface area contributed by atoms with Crippen molar-refractivity contribution < 1.29 is 4.79 Å². The van der Waals surface area contributed by atoms with E-state index in [9.17, 15) is 4.79 Å². The summed E-state index contributed by atoms with van der Waals surface area (Å²) in [6.45, 7) is 4.13. The fourth-order valence-corrected chi connectivity index (χ4v) is 2.27. The van der Waals surface area contributed by atoms with Crippen LogP contribution in [0.4, 0.5) is 0 Å². The number of benzene rings is 1. The van der Waals surface area contributed by atoms with Crippen LogP contribution in [0, 0.1) is 0 Å². The molecular formula is C12H15Br2NO. The Balaban J connectivity index is 2.76. The van der Waals surface area contributed by atoms with Gasteiger partial charge in [0.15, 0.2) is 0 Å². The van der Waals surface area contributed by atoms with Crippen LogP contribution in [0.2, 0.25) is 0 Å². The molecule has 0 heterocycles. The molecular weight excluding hydrogens is 334 g/mol. The van der Waals surface area contributed by atoms with Gasteiger partial charge in [-0.15, -0.1) is 0 Å². The molecule has 4 heteroatoms. The first kappa shape index (κ1) is 13.7. The number of carbonyl (C=O) groups excluding carboxylic acids is 1. The van der Waals surface area contributed by atoms with E-state index in [1.165, 1.54) is 0 Å². The lowest BCUT2D eigenvalue weighted by atomic mass is 10.1.